The summed E-state index contributed by atoms with van der Waals surface area (Å²) in [5.74, 6) is 0. The summed E-state index contributed by atoms with van der Waals surface area (Å²) in [4.78, 5) is 0. The SMILES string of the molecule is Cc1cc(C)c([SiH2][SiH3])c(C)c1. The summed E-state index contributed by atoms with van der Waals surface area (Å²) in [6.07, 6.45) is 0. The molecule has 0 aliphatic heterocycles. The molecular formula is C9H16Si2. The molecule has 0 atom stereocenters. The van der Waals surface area contributed by atoms with E-state index in [0.29, 0.717) is 0 Å². The van der Waals surface area contributed by atoms with Gasteiger partial charge in [-0.25, -0.2) is 0 Å². The van der Waals surface area contributed by atoms with Gasteiger partial charge in [-0.05, 0) is 30.5 Å². The predicted molar refractivity (Wildman–Crippen MR) is 58.8 cm³/mol. The van der Waals surface area contributed by atoms with Crippen LogP contribution in [0.3, 0.4) is 0 Å². The molecule has 1 rings (SSSR count). The first kappa shape index (κ1) is 8.75. The van der Waals surface area contributed by atoms with Gasteiger partial charge in [-0.1, -0.05) is 34.0 Å². The van der Waals surface area contributed by atoms with Crippen LogP contribution in [0.4, 0.5) is 0 Å². The molecule has 0 N–H and O–H groups in total. The number of hydrogen-bond acceptors (Lipinski definition) is 0. The summed E-state index contributed by atoms with van der Waals surface area (Å²) in [6.45, 7) is 6.68. The maximum absolute atomic E-state index is 2.31. The molecule has 11 heavy (non-hydrogen) atoms. The first-order valence-electron chi connectivity index (χ1n) is 4.22. The average Bonchev–Trinajstić information content (AvgIpc) is 1.85. The van der Waals surface area contributed by atoms with E-state index in [1.807, 2.05) is 0 Å². The third-order valence-electron chi connectivity index (χ3n) is 2.19. The first-order valence-corrected chi connectivity index (χ1v) is 10.6. The highest BCUT2D eigenvalue weighted by Gasteiger charge is 1.99. The van der Waals surface area contributed by atoms with E-state index >= 15 is 0 Å². The van der Waals surface area contributed by atoms with Gasteiger partial charge in [0.05, 0.1) is 0 Å². The van der Waals surface area contributed by atoms with E-state index in [2.05, 4.69) is 32.9 Å². The van der Waals surface area contributed by atoms with Crippen LogP contribution in [0.1, 0.15) is 16.7 Å². The van der Waals surface area contributed by atoms with E-state index in [1.165, 1.54) is 26.5 Å². The fourth-order valence-electron chi connectivity index (χ4n) is 1.77. The number of benzene rings is 1. The van der Waals surface area contributed by atoms with Crippen molar-refractivity contribution in [2.45, 2.75) is 20.8 Å². The highest BCUT2D eigenvalue weighted by molar-refractivity contribution is 6.98. The van der Waals surface area contributed by atoms with Gasteiger partial charge in [0, 0.05) is 9.04 Å². The molecule has 0 aliphatic rings. The van der Waals surface area contributed by atoms with Crippen LogP contribution in [0, 0.1) is 20.8 Å². The van der Waals surface area contributed by atoms with Crippen molar-refractivity contribution in [3.63, 3.8) is 0 Å². The molecule has 0 heterocycles. The molecule has 1 aromatic rings. The van der Waals surface area contributed by atoms with Crippen LogP contribution in [0.5, 0.6) is 0 Å². The molecule has 60 valence electrons. The molecular weight excluding hydrogens is 164 g/mol. The largest absolute Gasteiger partial charge is 0.0647 e. The molecule has 0 fully saturated rings. The number of rotatable bonds is 1. The summed E-state index contributed by atoms with van der Waals surface area (Å²) in [5.41, 5.74) is 4.47. The van der Waals surface area contributed by atoms with Crippen LogP contribution < -0.4 is 5.19 Å². The zero-order chi connectivity index (χ0) is 8.43. The second-order valence-corrected chi connectivity index (χ2v) is 6.77. The third kappa shape index (κ3) is 1.81. The third-order valence-corrected chi connectivity index (χ3v) is 6.14. The van der Waals surface area contributed by atoms with E-state index in [-0.39, 0.29) is 9.04 Å². The van der Waals surface area contributed by atoms with Gasteiger partial charge in [0.2, 0.25) is 0 Å². The van der Waals surface area contributed by atoms with Crippen LogP contribution in [0.25, 0.3) is 0 Å². The van der Waals surface area contributed by atoms with Crippen molar-refractivity contribution < 1.29 is 0 Å². The Balaban J connectivity index is 3.25. The Morgan fingerprint density at radius 3 is 1.91 bits per heavy atom. The molecule has 0 aliphatic carbocycles. The summed E-state index contributed by atoms with van der Waals surface area (Å²) in [7, 11) is 1.57. The van der Waals surface area contributed by atoms with E-state index in [0.717, 1.165) is 0 Å². The maximum Gasteiger partial charge on any atom is 0.0391 e. The van der Waals surface area contributed by atoms with Crippen LogP contribution in [-0.2, 0) is 0 Å². The van der Waals surface area contributed by atoms with Gasteiger partial charge in [-0.15, -0.1) is 0 Å². The lowest BCUT2D eigenvalue weighted by atomic mass is 10.1. The highest BCUT2D eigenvalue weighted by Crippen LogP contribution is 2.04. The Morgan fingerprint density at radius 2 is 1.55 bits per heavy atom. The monoisotopic (exact) mass is 180 g/mol. The molecule has 0 saturated heterocycles. The lowest BCUT2D eigenvalue weighted by Gasteiger charge is -2.07. The van der Waals surface area contributed by atoms with Crippen molar-refractivity contribution in [2.75, 3.05) is 0 Å². The van der Waals surface area contributed by atoms with Crippen molar-refractivity contribution in [1.29, 1.82) is 0 Å². The molecule has 0 unspecified atom stereocenters. The summed E-state index contributed by atoms with van der Waals surface area (Å²) in [5, 5.41) is 1.71. The summed E-state index contributed by atoms with van der Waals surface area (Å²) in [6, 6.07) is 4.63. The lowest BCUT2D eigenvalue weighted by Crippen LogP contribution is -2.21. The van der Waals surface area contributed by atoms with Crippen molar-refractivity contribution in [2.24, 2.45) is 0 Å². The van der Waals surface area contributed by atoms with Crippen molar-refractivity contribution in [3.8, 4) is 0 Å². The van der Waals surface area contributed by atoms with Gasteiger partial charge in [0.15, 0.2) is 0 Å². The minimum absolute atomic E-state index is 0.156. The van der Waals surface area contributed by atoms with Crippen molar-refractivity contribution in [3.05, 3.63) is 28.8 Å². The average molecular weight is 180 g/mol. The number of hydrogen-bond donors (Lipinski definition) is 0. The van der Waals surface area contributed by atoms with E-state index < -0.39 is 0 Å². The smallest absolute Gasteiger partial charge is 0.0391 e. The Kier molecular flexibility index (Phi) is 2.68. The molecule has 0 nitrogen and oxygen atoms in total. The minimum Gasteiger partial charge on any atom is -0.0647 e. The Labute approximate surface area is 74.1 Å². The van der Waals surface area contributed by atoms with Crippen LogP contribution >= 0.6 is 0 Å². The second kappa shape index (κ2) is 3.37. The van der Waals surface area contributed by atoms with Crippen molar-refractivity contribution >= 4 is 24.0 Å². The van der Waals surface area contributed by atoms with Crippen LogP contribution in [0.2, 0.25) is 0 Å². The van der Waals surface area contributed by atoms with E-state index in [4.69, 9.17) is 0 Å². The maximum atomic E-state index is 2.31. The topological polar surface area (TPSA) is 0 Å². The summed E-state index contributed by atoms with van der Waals surface area (Å²) >= 11 is 0. The van der Waals surface area contributed by atoms with Gasteiger partial charge in [0.25, 0.3) is 0 Å². The van der Waals surface area contributed by atoms with Gasteiger partial charge in [-0.2, -0.15) is 0 Å². The lowest BCUT2D eigenvalue weighted by molar-refractivity contribution is 1.35. The van der Waals surface area contributed by atoms with Gasteiger partial charge < -0.3 is 0 Å². The van der Waals surface area contributed by atoms with E-state index in [1.54, 1.807) is 5.19 Å². The Bertz CT molecular complexity index is 243. The van der Waals surface area contributed by atoms with E-state index in [9.17, 15) is 0 Å². The second-order valence-electron chi connectivity index (χ2n) is 3.23. The van der Waals surface area contributed by atoms with Gasteiger partial charge in [0.1, 0.15) is 0 Å². The van der Waals surface area contributed by atoms with Gasteiger partial charge >= 0.3 is 0 Å². The molecule has 0 bridgehead atoms. The fourth-order valence-corrected chi connectivity index (χ4v) is 6.43. The summed E-state index contributed by atoms with van der Waals surface area (Å²) < 4.78 is 0. The zero-order valence-corrected chi connectivity index (χ0v) is 11.3. The molecule has 0 spiro atoms. The molecule has 0 saturated carbocycles. The van der Waals surface area contributed by atoms with Crippen LogP contribution in [0.15, 0.2) is 12.1 Å². The molecule has 2 heteroatoms. The molecule has 0 aromatic heterocycles. The Hall–Kier alpha value is -0.346. The predicted octanol–water partition coefficient (Wildman–Crippen LogP) is -0.314. The standard InChI is InChI=1S/C9H16Si2/c1-6-4-7(2)9(11-10)8(3)5-6/h4-5H,11H2,1-3,10H3. The minimum atomic E-state index is 0.156. The normalized spacial score (nSPS) is 11.5. The quantitative estimate of drug-likeness (QED) is 0.520. The first-order chi connectivity index (χ1) is 5.15. The number of aryl methyl sites for hydroxylation is 3. The Morgan fingerprint density at radius 1 is 1.09 bits per heavy atom. The molecule has 1 aromatic carbocycles. The highest BCUT2D eigenvalue weighted by atomic mass is 29.1. The molecule has 0 amide bonds. The zero-order valence-electron chi connectivity index (χ0n) is 7.86. The molecule has 0 radical (unpaired) electrons. The fraction of sp³-hybridized carbons (Fsp3) is 0.333. The van der Waals surface area contributed by atoms with Crippen molar-refractivity contribution in [1.82, 2.24) is 0 Å². The van der Waals surface area contributed by atoms with Gasteiger partial charge in [-0.3, -0.25) is 0 Å². The van der Waals surface area contributed by atoms with Crippen LogP contribution in [-0.4, -0.2) is 18.8 Å².